The van der Waals surface area contributed by atoms with Crippen molar-refractivity contribution in [2.75, 3.05) is 12.4 Å². The van der Waals surface area contributed by atoms with Crippen molar-refractivity contribution in [2.45, 2.75) is 33.0 Å². The number of benzene rings is 1. The fourth-order valence-corrected chi connectivity index (χ4v) is 2.04. The van der Waals surface area contributed by atoms with E-state index in [0.717, 1.165) is 11.0 Å². The lowest BCUT2D eigenvalue weighted by Crippen LogP contribution is -2.39. The number of aromatic nitrogens is 3. The minimum atomic E-state index is -0.550. The van der Waals surface area contributed by atoms with E-state index >= 15 is 0 Å². The number of fused-ring (bicyclic) bond motifs is 1. The lowest BCUT2D eigenvalue weighted by molar-refractivity contribution is 0.0195. The van der Waals surface area contributed by atoms with Crippen LogP contribution in [0.15, 0.2) is 24.3 Å². The van der Waals surface area contributed by atoms with Gasteiger partial charge in [-0.1, -0.05) is 17.3 Å². The maximum atomic E-state index is 12.2. The summed E-state index contributed by atoms with van der Waals surface area (Å²) in [4.78, 5) is 13.7. The average Bonchev–Trinajstić information content (AvgIpc) is 2.80. The Balaban J connectivity index is 2.18. The normalized spacial score (nSPS) is 11.6. The molecule has 0 saturated heterocycles. The van der Waals surface area contributed by atoms with E-state index in [-0.39, 0.29) is 6.67 Å². The first-order chi connectivity index (χ1) is 9.90. The number of hydrogen-bond acceptors (Lipinski definition) is 4. The Morgan fingerprint density at radius 3 is 2.76 bits per heavy atom. The standard InChI is InChI=1S/C14H19ClN4O2/c1-14(2,3)21-13(20)18(9-8-15)10-19-12-7-5-4-6-11(12)16-17-19/h4-7H,8-10H2,1-3H3. The summed E-state index contributed by atoms with van der Waals surface area (Å²) in [5.74, 6) is 0.325. The number of hydrogen-bond donors (Lipinski definition) is 0. The third-order valence-electron chi connectivity index (χ3n) is 2.73. The molecule has 6 nitrogen and oxygen atoms in total. The maximum absolute atomic E-state index is 12.2. The van der Waals surface area contributed by atoms with Crippen LogP contribution in [0.3, 0.4) is 0 Å². The van der Waals surface area contributed by atoms with Gasteiger partial charge in [-0.05, 0) is 32.9 Å². The number of nitrogens with zero attached hydrogens (tertiary/aromatic N) is 4. The van der Waals surface area contributed by atoms with Gasteiger partial charge in [-0.2, -0.15) is 0 Å². The summed E-state index contributed by atoms with van der Waals surface area (Å²) in [6.45, 7) is 6.12. The van der Waals surface area contributed by atoms with Crippen molar-refractivity contribution in [1.29, 1.82) is 0 Å². The van der Waals surface area contributed by atoms with E-state index in [4.69, 9.17) is 16.3 Å². The van der Waals surface area contributed by atoms with Gasteiger partial charge in [0.2, 0.25) is 0 Å². The molecule has 0 aliphatic heterocycles. The molecule has 0 atom stereocenters. The smallest absolute Gasteiger partial charge is 0.411 e. The zero-order valence-electron chi connectivity index (χ0n) is 12.4. The predicted molar refractivity (Wildman–Crippen MR) is 81.2 cm³/mol. The molecule has 1 aromatic heterocycles. The molecule has 0 radical (unpaired) electrons. The highest BCUT2D eigenvalue weighted by atomic mass is 35.5. The lowest BCUT2D eigenvalue weighted by atomic mass is 10.2. The van der Waals surface area contributed by atoms with Crippen molar-refractivity contribution in [3.05, 3.63) is 24.3 Å². The predicted octanol–water partition coefficient (Wildman–Crippen LogP) is 2.86. The summed E-state index contributed by atoms with van der Waals surface area (Å²) in [7, 11) is 0. The van der Waals surface area contributed by atoms with Crippen LogP contribution in [-0.4, -0.2) is 44.0 Å². The summed E-state index contributed by atoms with van der Waals surface area (Å²) >= 11 is 5.78. The second-order valence-corrected chi connectivity index (χ2v) is 6.03. The number of para-hydroxylation sites is 1. The van der Waals surface area contributed by atoms with Gasteiger partial charge < -0.3 is 4.74 Å². The number of halogens is 1. The Bertz CT molecular complexity index is 621. The summed E-state index contributed by atoms with van der Waals surface area (Å²) in [6, 6.07) is 7.58. The molecular weight excluding hydrogens is 292 g/mol. The molecule has 21 heavy (non-hydrogen) atoms. The Labute approximate surface area is 128 Å². The topological polar surface area (TPSA) is 60.2 Å². The SMILES string of the molecule is CC(C)(C)OC(=O)N(CCCl)Cn1nnc2ccccc21. The van der Waals surface area contributed by atoms with E-state index in [0.29, 0.717) is 12.4 Å². The molecular formula is C14H19ClN4O2. The van der Waals surface area contributed by atoms with Crippen LogP contribution in [0.4, 0.5) is 4.79 Å². The third kappa shape index (κ3) is 4.07. The van der Waals surface area contributed by atoms with E-state index in [9.17, 15) is 4.79 Å². The second kappa shape index (κ2) is 6.30. The minimum absolute atomic E-state index is 0.252. The highest BCUT2D eigenvalue weighted by Crippen LogP contribution is 2.13. The van der Waals surface area contributed by atoms with Crippen LogP contribution in [0, 0.1) is 0 Å². The molecule has 0 N–H and O–H groups in total. The Morgan fingerprint density at radius 2 is 2.10 bits per heavy atom. The van der Waals surface area contributed by atoms with Crippen LogP contribution in [-0.2, 0) is 11.4 Å². The van der Waals surface area contributed by atoms with Gasteiger partial charge in [-0.25, -0.2) is 9.48 Å². The molecule has 0 bridgehead atoms. The molecule has 1 aromatic carbocycles. The largest absolute Gasteiger partial charge is 0.444 e. The van der Waals surface area contributed by atoms with Crippen molar-refractivity contribution < 1.29 is 9.53 Å². The molecule has 0 saturated carbocycles. The van der Waals surface area contributed by atoms with Gasteiger partial charge >= 0.3 is 6.09 Å². The zero-order chi connectivity index (χ0) is 15.5. The average molecular weight is 311 g/mol. The highest BCUT2D eigenvalue weighted by Gasteiger charge is 2.22. The van der Waals surface area contributed by atoms with Gasteiger partial charge in [-0.15, -0.1) is 16.7 Å². The maximum Gasteiger partial charge on any atom is 0.411 e. The van der Waals surface area contributed by atoms with Crippen molar-refractivity contribution in [1.82, 2.24) is 19.9 Å². The first kappa shape index (κ1) is 15.6. The van der Waals surface area contributed by atoms with Gasteiger partial charge in [0.05, 0.1) is 5.52 Å². The van der Waals surface area contributed by atoms with E-state index < -0.39 is 11.7 Å². The Kier molecular flexibility index (Phi) is 4.67. The van der Waals surface area contributed by atoms with E-state index in [1.807, 2.05) is 45.0 Å². The number of rotatable bonds is 4. The second-order valence-electron chi connectivity index (χ2n) is 5.65. The first-order valence-electron chi connectivity index (χ1n) is 6.73. The molecule has 7 heteroatoms. The molecule has 0 unspecified atom stereocenters. The van der Waals surface area contributed by atoms with E-state index in [2.05, 4.69) is 10.3 Å². The fourth-order valence-electron chi connectivity index (χ4n) is 1.83. The van der Waals surface area contributed by atoms with Gasteiger partial charge in [0.1, 0.15) is 17.8 Å². The lowest BCUT2D eigenvalue weighted by Gasteiger charge is -2.26. The van der Waals surface area contributed by atoms with E-state index in [1.54, 1.807) is 4.68 Å². The van der Waals surface area contributed by atoms with Crippen LogP contribution in [0.1, 0.15) is 20.8 Å². The van der Waals surface area contributed by atoms with Gasteiger partial charge in [-0.3, -0.25) is 4.90 Å². The molecule has 2 aromatic rings. The summed E-state index contributed by atoms with van der Waals surface area (Å²) in [6.07, 6.45) is -0.414. The van der Waals surface area contributed by atoms with Crippen molar-refractivity contribution in [3.8, 4) is 0 Å². The monoisotopic (exact) mass is 310 g/mol. The van der Waals surface area contributed by atoms with Crippen LogP contribution >= 0.6 is 11.6 Å². The molecule has 1 heterocycles. The number of ether oxygens (including phenoxy) is 1. The number of alkyl halides is 1. The minimum Gasteiger partial charge on any atom is -0.444 e. The van der Waals surface area contributed by atoms with Crippen LogP contribution in [0.25, 0.3) is 11.0 Å². The van der Waals surface area contributed by atoms with Crippen molar-refractivity contribution >= 4 is 28.7 Å². The number of carbonyl (C=O) groups is 1. The Morgan fingerprint density at radius 1 is 1.38 bits per heavy atom. The van der Waals surface area contributed by atoms with Crippen molar-refractivity contribution in [3.63, 3.8) is 0 Å². The Hall–Kier alpha value is -1.82. The molecule has 0 aliphatic carbocycles. The summed E-state index contributed by atoms with van der Waals surface area (Å²) in [5, 5.41) is 8.14. The van der Waals surface area contributed by atoms with Crippen LogP contribution < -0.4 is 0 Å². The highest BCUT2D eigenvalue weighted by molar-refractivity contribution is 6.18. The van der Waals surface area contributed by atoms with Crippen LogP contribution in [0.2, 0.25) is 0 Å². The quantitative estimate of drug-likeness (QED) is 0.815. The number of carbonyl (C=O) groups excluding carboxylic acids is 1. The molecule has 0 fully saturated rings. The zero-order valence-corrected chi connectivity index (χ0v) is 13.2. The summed E-state index contributed by atoms with van der Waals surface area (Å²) < 4.78 is 7.04. The first-order valence-corrected chi connectivity index (χ1v) is 7.26. The fraction of sp³-hybridized carbons (Fsp3) is 0.500. The number of amides is 1. The molecule has 114 valence electrons. The third-order valence-corrected chi connectivity index (χ3v) is 2.90. The molecule has 2 rings (SSSR count). The molecule has 0 spiro atoms. The molecule has 0 aliphatic rings. The van der Waals surface area contributed by atoms with Gasteiger partial charge in [0.15, 0.2) is 0 Å². The summed E-state index contributed by atoms with van der Waals surface area (Å²) in [5.41, 5.74) is 1.10. The van der Waals surface area contributed by atoms with Gasteiger partial charge in [0.25, 0.3) is 0 Å². The van der Waals surface area contributed by atoms with Crippen molar-refractivity contribution in [2.24, 2.45) is 0 Å². The van der Waals surface area contributed by atoms with E-state index in [1.165, 1.54) is 4.90 Å². The molecule has 1 amide bonds. The van der Waals surface area contributed by atoms with Crippen LogP contribution in [0.5, 0.6) is 0 Å². The van der Waals surface area contributed by atoms with Gasteiger partial charge in [0, 0.05) is 12.4 Å².